The lowest BCUT2D eigenvalue weighted by Crippen LogP contribution is -2.45. The van der Waals surface area contributed by atoms with Gasteiger partial charge in [-0.3, -0.25) is 9.59 Å². The predicted molar refractivity (Wildman–Crippen MR) is 301 cm³/mol. The molecule has 0 aromatic heterocycles. The minimum atomic E-state index is -0.847. The Morgan fingerprint density at radius 1 is 0.391 bits per heavy atom. The lowest BCUT2D eigenvalue weighted by atomic mass is 10.0. The predicted octanol–water partition coefficient (Wildman–Crippen LogP) is 19.2. The Balaban J connectivity index is 3.44. The molecular weight excluding hydrogens is 851 g/mol. The fourth-order valence-corrected chi connectivity index (χ4v) is 9.39. The molecular formula is C63H119NO5. The van der Waals surface area contributed by atoms with Crippen LogP contribution in [0.15, 0.2) is 36.5 Å². The third-order valence-corrected chi connectivity index (χ3v) is 14.1. The highest BCUT2D eigenvalue weighted by Gasteiger charge is 2.18. The number of hydrogen-bond acceptors (Lipinski definition) is 5. The molecule has 6 nitrogen and oxygen atoms in total. The monoisotopic (exact) mass is 970 g/mol. The molecule has 0 heterocycles. The van der Waals surface area contributed by atoms with Crippen molar-refractivity contribution in [1.29, 1.82) is 0 Å². The topological polar surface area (TPSA) is 95.9 Å². The molecule has 0 fully saturated rings. The molecule has 0 radical (unpaired) electrons. The Bertz CT molecular complexity index is 1120. The smallest absolute Gasteiger partial charge is 0.305 e. The van der Waals surface area contributed by atoms with Gasteiger partial charge in [-0.25, -0.2) is 0 Å². The van der Waals surface area contributed by atoms with Crippen molar-refractivity contribution in [2.24, 2.45) is 0 Å². The number of carbonyl (C=O) groups is 2. The first kappa shape index (κ1) is 67.1. The van der Waals surface area contributed by atoms with Crippen LogP contribution in [0.1, 0.15) is 328 Å². The molecule has 1 amide bonds. The van der Waals surface area contributed by atoms with Crippen LogP contribution >= 0.6 is 0 Å². The van der Waals surface area contributed by atoms with Gasteiger partial charge in [-0.1, -0.05) is 269 Å². The first-order valence-electron chi connectivity index (χ1n) is 30.8. The number of rotatable bonds is 57. The number of carbonyl (C=O) groups excluding carboxylic acids is 2. The van der Waals surface area contributed by atoms with Gasteiger partial charge < -0.3 is 20.3 Å². The van der Waals surface area contributed by atoms with E-state index in [1.54, 1.807) is 6.08 Å². The van der Waals surface area contributed by atoms with Crippen molar-refractivity contribution in [2.45, 2.75) is 341 Å². The fraction of sp³-hybridized carbons (Fsp3) is 0.873. The molecule has 0 saturated heterocycles. The van der Waals surface area contributed by atoms with Crippen molar-refractivity contribution < 1.29 is 24.5 Å². The summed E-state index contributed by atoms with van der Waals surface area (Å²) in [6.07, 6.45) is 73.2. The Morgan fingerprint density at radius 3 is 1.06 bits per heavy atom. The van der Waals surface area contributed by atoms with Gasteiger partial charge in [0.2, 0.25) is 5.91 Å². The van der Waals surface area contributed by atoms with E-state index in [1.807, 2.05) is 6.08 Å². The van der Waals surface area contributed by atoms with Crippen LogP contribution in [0.25, 0.3) is 0 Å². The van der Waals surface area contributed by atoms with Gasteiger partial charge in [0.25, 0.3) is 0 Å². The standard InChI is InChI=1S/C63H119NO5/c1-3-5-7-9-11-13-15-17-18-29-32-35-39-43-47-51-55-61(66)60(59-65)64-62(67)56-52-48-44-40-36-33-30-27-25-23-21-19-20-22-24-26-28-31-34-38-42-46-50-54-58-69-63(68)57-53-49-45-41-37-16-14-12-10-8-6-4-2/h12,14,21,23,51,55,60-61,65-66H,3-11,13,15-20,22,24-50,52-54,56-59H2,1-2H3,(H,64,67)/b14-12-,23-21-,55-51+. The van der Waals surface area contributed by atoms with Gasteiger partial charge in [0.15, 0.2) is 0 Å². The molecule has 3 N–H and O–H groups in total. The molecule has 0 bridgehead atoms. The summed E-state index contributed by atoms with van der Waals surface area (Å²) in [6, 6.07) is -0.631. The van der Waals surface area contributed by atoms with Gasteiger partial charge in [0.05, 0.1) is 25.4 Å². The lowest BCUT2D eigenvalue weighted by Gasteiger charge is -2.20. The summed E-state index contributed by atoms with van der Waals surface area (Å²) in [7, 11) is 0. The Labute approximate surface area is 430 Å². The summed E-state index contributed by atoms with van der Waals surface area (Å²) in [4.78, 5) is 24.5. The van der Waals surface area contributed by atoms with E-state index in [1.165, 1.54) is 257 Å². The largest absolute Gasteiger partial charge is 0.466 e. The van der Waals surface area contributed by atoms with E-state index < -0.39 is 12.1 Å². The molecule has 0 aliphatic carbocycles. The van der Waals surface area contributed by atoms with Crippen molar-refractivity contribution in [3.8, 4) is 0 Å². The average Bonchev–Trinajstić information content (AvgIpc) is 3.35. The number of amides is 1. The minimum absolute atomic E-state index is 0.00181. The van der Waals surface area contributed by atoms with Crippen LogP contribution in [0.3, 0.4) is 0 Å². The molecule has 0 aliphatic heterocycles. The molecule has 0 aromatic carbocycles. The second-order valence-electron chi connectivity index (χ2n) is 21.0. The number of ether oxygens (including phenoxy) is 1. The maximum absolute atomic E-state index is 12.5. The van der Waals surface area contributed by atoms with Crippen molar-refractivity contribution in [2.75, 3.05) is 13.2 Å². The van der Waals surface area contributed by atoms with Gasteiger partial charge >= 0.3 is 5.97 Å². The molecule has 0 spiro atoms. The van der Waals surface area contributed by atoms with Crippen molar-refractivity contribution >= 4 is 11.9 Å². The third-order valence-electron chi connectivity index (χ3n) is 14.1. The second kappa shape index (κ2) is 58.6. The third kappa shape index (κ3) is 55.2. The zero-order valence-corrected chi connectivity index (χ0v) is 46.3. The molecule has 69 heavy (non-hydrogen) atoms. The molecule has 2 atom stereocenters. The van der Waals surface area contributed by atoms with Crippen LogP contribution in [0.5, 0.6) is 0 Å². The van der Waals surface area contributed by atoms with Crippen LogP contribution in [-0.4, -0.2) is 47.4 Å². The second-order valence-corrected chi connectivity index (χ2v) is 21.0. The van der Waals surface area contributed by atoms with Gasteiger partial charge in [0, 0.05) is 12.8 Å². The molecule has 0 aromatic rings. The fourth-order valence-electron chi connectivity index (χ4n) is 9.39. The molecule has 406 valence electrons. The zero-order chi connectivity index (χ0) is 50.0. The van der Waals surface area contributed by atoms with E-state index >= 15 is 0 Å². The number of aliphatic hydroxyl groups is 2. The van der Waals surface area contributed by atoms with Gasteiger partial charge in [-0.2, -0.15) is 0 Å². The number of unbranched alkanes of at least 4 members (excludes halogenated alkanes) is 42. The van der Waals surface area contributed by atoms with Crippen LogP contribution in [-0.2, 0) is 14.3 Å². The number of aliphatic hydroxyl groups excluding tert-OH is 2. The Morgan fingerprint density at radius 2 is 0.681 bits per heavy atom. The lowest BCUT2D eigenvalue weighted by molar-refractivity contribution is -0.143. The van der Waals surface area contributed by atoms with Crippen molar-refractivity contribution in [1.82, 2.24) is 5.32 Å². The minimum Gasteiger partial charge on any atom is -0.466 e. The van der Waals surface area contributed by atoms with E-state index in [0.717, 1.165) is 44.9 Å². The quantitative estimate of drug-likeness (QED) is 0.0321. The summed E-state index contributed by atoms with van der Waals surface area (Å²) in [6.45, 7) is 4.89. The van der Waals surface area contributed by atoms with Crippen LogP contribution in [0.2, 0.25) is 0 Å². The maximum atomic E-state index is 12.5. The van der Waals surface area contributed by atoms with Crippen molar-refractivity contribution in [3.05, 3.63) is 36.5 Å². The SMILES string of the molecule is CCCCC/C=C\CCCCCCCC(=O)OCCCCCCCCCCCCCC/C=C\CCCCCCCCCCC(=O)NC(CO)C(O)/C=C/CCCCCCCCCCCCCCCC. The first-order valence-corrected chi connectivity index (χ1v) is 30.8. The maximum Gasteiger partial charge on any atom is 0.305 e. The normalized spacial score (nSPS) is 12.8. The number of nitrogens with one attached hydrogen (secondary N) is 1. The first-order chi connectivity index (χ1) is 34.0. The number of allylic oxidation sites excluding steroid dienone is 5. The average molecular weight is 971 g/mol. The summed E-state index contributed by atoms with van der Waals surface area (Å²) in [5.41, 5.74) is 0. The van der Waals surface area contributed by atoms with E-state index in [-0.39, 0.29) is 18.5 Å². The van der Waals surface area contributed by atoms with E-state index in [9.17, 15) is 19.8 Å². The van der Waals surface area contributed by atoms with E-state index in [0.29, 0.717) is 19.4 Å². The summed E-state index contributed by atoms with van der Waals surface area (Å²) >= 11 is 0. The molecule has 0 saturated carbocycles. The highest BCUT2D eigenvalue weighted by molar-refractivity contribution is 5.76. The van der Waals surface area contributed by atoms with Crippen molar-refractivity contribution in [3.63, 3.8) is 0 Å². The van der Waals surface area contributed by atoms with Crippen LogP contribution < -0.4 is 5.32 Å². The number of hydrogen-bond donors (Lipinski definition) is 3. The summed E-state index contributed by atoms with van der Waals surface area (Å²) in [5, 5.41) is 23.1. The molecule has 0 aliphatic rings. The molecule has 0 rings (SSSR count). The Kier molecular flexibility index (Phi) is 57.0. The summed E-state index contributed by atoms with van der Waals surface area (Å²) < 4.78 is 5.46. The molecule has 6 heteroatoms. The van der Waals surface area contributed by atoms with Gasteiger partial charge in [-0.05, 0) is 83.5 Å². The number of esters is 1. The van der Waals surface area contributed by atoms with Crippen LogP contribution in [0.4, 0.5) is 0 Å². The van der Waals surface area contributed by atoms with E-state index in [4.69, 9.17) is 4.74 Å². The van der Waals surface area contributed by atoms with E-state index in [2.05, 4.69) is 43.5 Å². The zero-order valence-electron chi connectivity index (χ0n) is 46.3. The van der Waals surface area contributed by atoms with Gasteiger partial charge in [-0.15, -0.1) is 0 Å². The highest BCUT2D eigenvalue weighted by atomic mass is 16.5. The summed E-state index contributed by atoms with van der Waals surface area (Å²) in [5.74, 6) is -0.0694. The van der Waals surface area contributed by atoms with Gasteiger partial charge in [0.1, 0.15) is 0 Å². The molecule has 2 unspecified atom stereocenters. The highest BCUT2D eigenvalue weighted by Crippen LogP contribution is 2.17. The van der Waals surface area contributed by atoms with Crippen LogP contribution in [0, 0.1) is 0 Å². The Hall–Kier alpha value is -1.92.